The van der Waals surface area contributed by atoms with Crippen LogP contribution in [0.5, 0.6) is 0 Å². The Kier molecular flexibility index (Phi) is 4.26. The van der Waals surface area contributed by atoms with Crippen LogP contribution in [0.3, 0.4) is 0 Å². The van der Waals surface area contributed by atoms with Gasteiger partial charge in [0, 0.05) is 18.0 Å². The number of hydrogen-bond donors (Lipinski definition) is 0. The van der Waals surface area contributed by atoms with Crippen LogP contribution in [0, 0.1) is 11.3 Å². The van der Waals surface area contributed by atoms with Crippen molar-refractivity contribution in [2.45, 2.75) is 57.7 Å². The van der Waals surface area contributed by atoms with Crippen LogP contribution in [0.1, 0.15) is 57.6 Å². The summed E-state index contributed by atoms with van der Waals surface area (Å²) >= 11 is 0. The van der Waals surface area contributed by atoms with Crippen LogP contribution in [0.15, 0.2) is 18.2 Å². The average molecular weight is 313 g/mol. The van der Waals surface area contributed by atoms with Crippen LogP contribution in [0.2, 0.25) is 0 Å². The lowest BCUT2D eigenvalue weighted by atomic mass is 9.75. The predicted octanol–water partition coefficient (Wildman–Crippen LogP) is 2.75. The Morgan fingerprint density at radius 1 is 1.17 bits per heavy atom. The van der Waals surface area contributed by atoms with Crippen LogP contribution in [0.25, 0.3) is 0 Å². The van der Waals surface area contributed by atoms with Crippen molar-refractivity contribution in [3.63, 3.8) is 0 Å². The SMILES string of the molecule is CC1(C)OB(c2ccc(C3CCCOC3)cc2C#N)OC1(C)C. The highest BCUT2D eigenvalue weighted by Crippen LogP contribution is 2.37. The molecule has 4 nitrogen and oxygen atoms in total. The van der Waals surface area contributed by atoms with Crippen molar-refractivity contribution in [3.8, 4) is 6.07 Å². The number of benzene rings is 1. The van der Waals surface area contributed by atoms with Gasteiger partial charge in [-0.05, 0) is 52.2 Å². The molecule has 0 spiro atoms. The van der Waals surface area contributed by atoms with Crippen molar-refractivity contribution in [2.24, 2.45) is 0 Å². The molecule has 2 heterocycles. The molecule has 0 radical (unpaired) electrons. The second kappa shape index (κ2) is 5.94. The van der Waals surface area contributed by atoms with Crippen molar-refractivity contribution in [3.05, 3.63) is 29.3 Å². The molecule has 122 valence electrons. The number of ether oxygens (including phenoxy) is 1. The van der Waals surface area contributed by atoms with Gasteiger partial charge in [-0.2, -0.15) is 5.26 Å². The minimum absolute atomic E-state index is 0.378. The number of hydrogen-bond acceptors (Lipinski definition) is 4. The summed E-state index contributed by atoms with van der Waals surface area (Å²) in [4.78, 5) is 0. The molecule has 1 aromatic rings. The van der Waals surface area contributed by atoms with Gasteiger partial charge in [-0.3, -0.25) is 0 Å². The van der Waals surface area contributed by atoms with Crippen LogP contribution in [0.4, 0.5) is 0 Å². The van der Waals surface area contributed by atoms with Crippen molar-refractivity contribution in [2.75, 3.05) is 13.2 Å². The summed E-state index contributed by atoms with van der Waals surface area (Å²) in [6.45, 7) is 9.66. The smallest absolute Gasteiger partial charge is 0.399 e. The van der Waals surface area contributed by atoms with Crippen LogP contribution >= 0.6 is 0 Å². The maximum Gasteiger partial charge on any atom is 0.496 e. The van der Waals surface area contributed by atoms with Gasteiger partial charge in [0.05, 0.1) is 29.4 Å². The third kappa shape index (κ3) is 3.04. The molecule has 2 saturated heterocycles. The molecule has 5 heteroatoms. The Balaban J connectivity index is 1.88. The number of rotatable bonds is 2. The molecule has 1 atom stereocenters. The molecule has 3 rings (SSSR count). The van der Waals surface area contributed by atoms with Crippen molar-refractivity contribution < 1.29 is 14.0 Å². The van der Waals surface area contributed by atoms with E-state index in [1.54, 1.807) is 0 Å². The highest BCUT2D eigenvalue weighted by molar-refractivity contribution is 6.62. The summed E-state index contributed by atoms with van der Waals surface area (Å²) in [7, 11) is -0.494. The van der Waals surface area contributed by atoms with E-state index in [0.717, 1.165) is 31.5 Å². The van der Waals surface area contributed by atoms with Gasteiger partial charge >= 0.3 is 7.12 Å². The van der Waals surface area contributed by atoms with E-state index in [-0.39, 0.29) is 0 Å². The lowest BCUT2D eigenvalue weighted by Gasteiger charge is -2.32. The highest BCUT2D eigenvalue weighted by Gasteiger charge is 2.52. The molecular formula is C18H24BNO3. The molecule has 1 aromatic carbocycles. The number of nitriles is 1. The number of nitrogens with zero attached hydrogens (tertiary/aromatic N) is 1. The van der Waals surface area contributed by atoms with E-state index < -0.39 is 18.3 Å². The molecule has 2 aliphatic heterocycles. The summed E-state index contributed by atoms with van der Waals surface area (Å²) in [6, 6.07) is 8.34. The molecule has 2 fully saturated rings. The minimum atomic E-state index is -0.494. The Labute approximate surface area is 138 Å². The molecule has 1 unspecified atom stereocenters. The normalized spacial score (nSPS) is 26.0. The maximum atomic E-state index is 9.57. The van der Waals surface area contributed by atoms with Crippen LogP contribution < -0.4 is 5.46 Å². The highest BCUT2D eigenvalue weighted by atomic mass is 16.7. The molecule has 0 saturated carbocycles. The maximum absolute atomic E-state index is 9.57. The standard InChI is InChI=1S/C18H24BNO3/c1-17(2)18(3,4)23-19(22-17)16-8-7-13(10-15(16)11-20)14-6-5-9-21-12-14/h7-8,10,14H,5-6,9,12H2,1-4H3. The Bertz CT molecular complexity index is 614. The molecule has 0 aromatic heterocycles. The lowest BCUT2D eigenvalue weighted by molar-refractivity contribution is 0.00578. The van der Waals surface area contributed by atoms with Crippen molar-refractivity contribution >= 4 is 12.6 Å². The van der Waals surface area contributed by atoms with Crippen LogP contribution in [-0.4, -0.2) is 31.5 Å². The summed E-state index contributed by atoms with van der Waals surface area (Å²) in [5.74, 6) is 0.378. The van der Waals surface area contributed by atoms with E-state index in [0.29, 0.717) is 11.5 Å². The zero-order valence-corrected chi connectivity index (χ0v) is 14.4. The monoisotopic (exact) mass is 313 g/mol. The Morgan fingerprint density at radius 3 is 2.43 bits per heavy atom. The van der Waals surface area contributed by atoms with E-state index in [1.807, 2.05) is 39.8 Å². The lowest BCUT2D eigenvalue weighted by Crippen LogP contribution is -2.41. The minimum Gasteiger partial charge on any atom is -0.399 e. The van der Waals surface area contributed by atoms with Gasteiger partial charge in [-0.1, -0.05) is 12.1 Å². The van der Waals surface area contributed by atoms with Gasteiger partial charge in [0.25, 0.3) is 0 Å². The third-order valence-electron chi connectivity index (χ3n) is 5.34. The van der Waals surface area contributed by atoms with Crippen molar-refractivity contribution in [1.29, 1.82) is 5.26 Å². The predicted molar refractivity (Wildman–Crippen MR) is 89.7 cm³/mol. The molecular weight excluding hydrogens is 289 g/mol. The molecule has 0 bridgehead atoms. The first-order chi connectivity index (χ1) is 10.8. The third-order valence-corrected chi connectivity index (χ3v) is 5.34. The van der Waals surface area contributed by atoms with Gasteiger partial charge in [0.2, 0.25) is 0 Å². The largest absolute Gasteiger partial charge is 0.496 e. The van der Waals surface area contributed by atoms with Gasteiger partial charge in [0.1, 0.15) is 0 Å². The molecule has 23 heavy (non-hydrogen) atoms. The summed E-state index contributed by atoms with van der Waals surface area (Å²) < 4.78 is 17.7. The Morgan fingerprint density at radius 2 is 1.87 bits per heavy atom. The van der Waals surface area contributed by atoms with E-state index in [1.165, 1.54) is 5.56 Å². The zero-order chi connectivity index (χ0) is 16.7. The van der Waals surface area contributed by atoms with E-state index in [2.05, 4.69) is 12.1 Å². The van der Waals surface area contributed by atoms with Gasteiger partial charge in [-0.15, -0.1) is 0 Å². The zero-order valence-electron chi connectivity index (χ0n) is 14.4. The molecule has 0 amide bonds. The second-order valence-electron chi connectivity index (χ2n) is 7.46. The van der Waals surface area contributed by atoms with Gasteiger partial charge in [-0.25, -0.2) is 0 Å². The van der Waals surface area contributed by atoms with E-state index in [4.69, 9.17) is 14.0 Å². The first-order valence-electron chi connectivity index (χ1n) is 8.31. The fourth-order valence-electron chi connectivity index (χ4n) is 3.10. The molecule has 0 aliphatic carbocycles. The molecule has 0 N–H and O–H groups in total. The quantitative estimate of drug-likeness (QED) is 0.788. The van der Waals surface area contributed by atoms with Gasteiger partial charge in [0.15, 0.2) is 0 Å². The summed E-state index contributed by atoms with van der Waals surface area (Å²) in [5.41, 5.74) is 1.81. The summed E-state index contributed by atoms with van der Waals surface area (Å²) in [5, 5.41) is 9.57. The topological polar surface area (TPSA) is 51.5 Å². The average Bonchev–Trinajstić information content (AvgIpc) is 2.75. The van der Waals surface area contributed by atoms with Gasteiger partial charge < -0.3 is 14.0 Å². The molecule has 2 aliphatic rings. The first-order valence-corrected chi connectivity index (χ1v) is 8.31. The fourth-order valence-corrected chi connectivity index (χ4v) is 3.10. The van der Waals surface area contributed by atoms with Crippen molar-refractivity contribution in [1.82, 2.24) is 0 Å². The summed E-state index contributed by atoms with van der Waals surface area (Å²) in [6.07, 6.45) is 2.19. The second-order valence-corrected chi connectivity index (χ2v) is 7.46. The van der Waals surface area contributed by atoms with Crippen LogP contribution in [-0.2, 0) is 14.0 Å². The van der Waals surface area contributed by atoms with E-state index >= 15 is 0 Å². The fraction of sp³-hybridized carbons (Fsp3) is 0.611. The van der Waals surface area contributed by atoms with E-state index in [9.17, 15) is 5.26 Å². The first kappa shape index (κ1) is 16.5. The Hall–Kier alpha value is -1.35.